The van der Waals surface area contributed by atoms with Crippen LogP contribution >= 0.6 is 49.9 Å². The van der Waals surface area contributed by atoms with Crippen molar-refractivity contribution in [2.45, 2.75) is 32.9 Å². The summed E-state index contributed by atoms with van der Waals surface area (Å²) in [6.07, 6.45) is 6.75. The Hall–Kier alpha value is -3.08. The number of carbonyl (C=O) groups excluding carboxylic acids is 1. The van der Waals surface area contributed by atoms with Crippen molar-refractivity contribution < 1.29 is 23.7 Å². The minimum absolute atomic E-state index is 0.101. The van der Waals surface area contributed by atoms with Crippen LogP contribution in [-0.4, -0.2) is 37.5 Å². The third-order valence-corrected chi connectivity index (χ3v) is 8.20. The zero-order valence-electron chi connectivity index (χ0n) is 22.4. The van der Waals surface area contributed by atoms with E-state index in [4.69, 9.17) is 25.4 Å². The van der Waals surface area contributed by atoms with Crippen LogP contribution in [0, 0.1) is 15.9 Å². The standard InChI is InChI=1S/C29H26BrIN2O6S/c1-7-10-38-26-20(31)11-17(12-22(26)37-6)13-23-27(34)33-25(19-14-18(30)8-9-21(19)36-5)24(28(35)39-15(2)3)16(4)32-29(33)40-23/h1,8-9,11-15,25H,10H2,2-6H3/b23-13-/t25-/m0/s1. The second-order valence-electron chi connectivity index (χ2n) is 8.95. The number of methoxy groups -OCH3 is 2. The number of hydrogen-bond donors (Lipinski definition) is 0. The van der Waals surface area contributed by atoms with Crippen LogP contribution in [0.25, 0.3) is 6.08 Å². The third kappa shape index (κ3) is 5.99. The fourth-order valence-corrected chi connectivity index (χ4v) is 6.51. The zero-order valence-corrected chi connectivity index (χ0v) is 27.0. The van der Waals surface area contributed by atoms with Crippen molar-refractivity contribution in [3.63, 3.8) is 0 Å². The van der Waals surface area contributed by atoms with Gasteiger partial charge < -0.3 is 18.9 Å². The number of allylic oxidation sites excluding steroid dienone is 1. The van der Waals surface area contributed by atoms with Gasteiger partial charge in [0.05, 0.1) is 39.7 Å². The van der Waals surface area contributed by atoms with Crippen LogP contribution in [0.15, 0.2) is 55.9 Å². The summed E-state index contributed by atoms with van der Waals surface area (Å²) in [7, 11) is 3.09. The second-order valence-corrected chi connectivity index (χ2v) is 12.0. The molecule has 0 radical (unpaired) electrons. The number of benzene rings is 2. The van der Waals surface area contributed by atoms with Crippen LogP contribution in [-0.2, 0) is 9.53 Å². The smallest absolute Gasteiger partial charge is 0.338 e. The van der Waals surface area contributed by atoms with E-state index in [1.807, 2.05) is 18.2 Å². The Labute approximate surface area is 257 Å². The molecule has 40 heavy (non-hydrogen) atoms. The van der Waals surface area contributed by atoms with Gasteiger partial charge in [0.25, 0.3) is 5.56 Å². The van der Waals surface area contributed by atoms with E-state index in [9.17, 15) is 9.59 Å². The number of nitrogens with zero attached hydrogens (tertiary/aromatic N) is 2. The van der Waals surface area contributed by atoms with Crippen LogP contribution in [0.4, 0.5) is 0 Å². The number of aromatic nitrogens is 1. The molecule has 1 aliphatic heterocycles. The molecule has 0 aliphatic carbocycles. The monoisotopic (exact) mass is 736 g/mol. The van der Waals surface area contributed by atoms with Gasteiger partial charge in [-0.25, -0.2) is 9.79 Å². The van der Waals surface area contributed by atoms with Gasteiger partial charge in [0.1, 0.15) is 18.4 Å². The van der Waals surface area contributed by atoms with Gasteiger partial charge in [-0.15, -0.1) is 6.42 Å². The first-order chi connectivity index (χ1) is 19.1. The maximum absolute atomic E-state index is 14.0. The number of carbonyl (C=O) groups is 1. The van der Waals surface area contributed by atoms with Gasteiger partial charge in [-0.1, -0.05) is 33.2 Å². The number of ether oxygens (including phenoxy) is 4. The number of hydrogen-bond acceptors (Lipinski definition) is 8. The van der Waals surface area contributed by atoms with E-state index < -0.39 is 12.0 Å². The van der Waals surface area contributed by atoms with Gasteiger partial charge in [0, 0.05) is 10.0 Å². The summed E-state index contributed by atoms with van der Waals surface area (Å²) in [5.41, 5.74) is 1.79. The molecule has 0 saturated heterocycles. The zero-order chi connectivity index (χ0) is 29.1. The van der Waals surface area contributed by atoms with E-state index in [0.717, 1.165) is 13.6 Å². The van der Waals surface area contributed by atoms with Crippen LogP contribution in [0.2, 0.25) is 0 Å². The average Bonchev–Trinajstić information content (AvgIpc) is 3.20. The van der Waals surface area contributed by atoms with Crippen molar-refractivity contribution in [2.75, 3.05) is 20.8 Å². The maximum atomic E-state index is 14.0. The lowest BCUT2D eigenvalue weighted by molar-refractivity contribution is -0.143. The Morgan fingerprint density at radius 2 is 1.98 bits per heavy atom. The molecule has 0 fully saturated rings. The molecule has 8 nitrogen and oxygen atoms in total. The van der Waals surface area contributed by atoms with Gasteiger partial charge >= 0.3 is 5.97 Å². The summed E-state index contributed by atoms with van der Waals surface area (Å²) in [6, 6.07) is 8.29. The molecule has 0 unspecified atom stereocenters. The summed E-state index contributed by atoms with van der Waals surface area (Å²) < 4.78 is 25.9. The molecule has 0 bridgehead atoms. The molecule has 0 saturated carbocycles. The van der Waals surface area contributed by atoms with E-state index >= 15 is 0 Å². The third-order valence-electron chi connectivity index (χ3n) is 5.92. The summed E-state index contributed by atoms with van der Waals surface area (Å²) >= 11 is 6.89. The lowest BCUT2D eigenvalue weighted by Gasteiger charge is -2.26. The lowest BCUT2D eigenvalue weighted by atomic mass is 9.95. The molecule has 3 aromatic rings. The highest BCUT2D eigenvalue weighted by Crippen LogP contribution is 2.38. The predicted molar refractivity (Wildman–Crippen MR) is 166 cm³/mol. The summed E-state index contributed by atoms with van der Waals surface area (Å²) in [5.74, 6) is 3.45. The van der Waals surface area contributed by atoms with Crippen molar-refractivity contribution in [3.8, 4) is 29.6 Å². The molecule has 11 heteroatoms. The number of halogens is 2. The Morgan fingerprint density at radius 1 is 1.25 bits per heavy atom. The van der Waals surface area contributed by atoms with Crippen LogP contribution in [0.1, 0.15) is 37.9 Å². The molecule has 2 heterocycles. The fraction of sp³-hybridized carbons (Fsp3) is 0.276. The maximum Gasteiger partial charge on any atom is 0.338 e. The first-order valence-corrected chi connectivity index (χ1v) is 14.8. The fourth-order valence-electron chi connectivity index (χ4n) is 4.30. The molecule has 208 valence electrons. The van der Waals surface area contributed by atoms with Crippen molar-refractivity contribution in [1.82, 2.24) is 4.57 Å². The van der Waals surface area contributed by atoms with E-state index in [-0.39, 0.29) is 23.8 Å². The quantitative estimate of drug-likeness (QED) is 0.191. The summed E-state index contributed by atoms with van der Waals surface area (Å²) in [4.78, 5) is 32.5. The van der Waals surface area contributed by atoms with Crippen molar-refractivity contribution in [2.24, 2.45) is 4.99 Å². The Morgan fingerprint density at radius 3 is 2.62 bits per heavy atom. The average molecular weight is 737 g/mol. The van der Waals surface area contributed by atoms with Crippen LogP contribution in [0.5, 0.6) is 17.2 Å². The number of terminal acetylenes is 1. The van der Waals surface area contributed by atoms with E-state index in [0.29, 0.717) is 37.8 Å². The van der Waals surface area contributed by atoms with Crippen molar-refractivity contribution in [1.29, 1.82) is 0 Å². The number of esters is 1. The molecule has 0 amide bonds. The molecular formula is C29H26BrIN2O6S. The lowest BCUT2D eigenvalue weighted by Crippen LogP contribution is -2.40. The van der Waals surface area contributed by atoms with Crippen LogP contribution in [0.3, 0.4) is 0 Å². The molecule has 0 spiro atoms. The molecular weight excluding hydrogens is 711 g/mol. The Kier molecular flexibility index (Phi) is 9.43. The van der Waals surface area contributed by atoms with Crippen LogP contribution < -0.4 is 29.1 Å². The molecule has 2 aromatic carbocycles. The molecule has 1 aromatic heterocycles. The Bertz CT molecular complexity index is 1730. The van der Waals surface area contributed by atoms with E-state index in [2.05, 4.69) is 49.4 Å². The number of fused-ring (bicyclic) bond motifs is 1. The minimum atomic E-state index is -0.814. The molecule has 1 aliphatic rings. The Balaban J connectivity index is 1.96. The first-order valence-electron chi connectivity index (χ1n) is 12.1. The van der Waals surface area contributed by atoms with Gasteiger partial charge in [-0.05, 0) is 85.3 Å². The van der Waals surface area contributed by atoms with E-state index in [1.54, 1.807) is 46.1 Å². The molecule has 1 atom stereocenters. The van der Waals surface area contributed by atoms with E-state index in [1.165, 1.54) is 23.0 Å². The number of thiazole rings is 1. The highest BCUT2D eigenvalue weighted by molar-refractivity contribution is 14.1. The molecule has 4 rings (SSSR count). The number of rotatable bonds is 8. The highest BCUT2D eigenvalue weighted by Gasteiger charge is 2.35. The van der Waals surface area contributed by atoms with Gasteiger partial charge in [-0.3, -0.25) is 9.36 Å². The van der Waals surface area contributed by atoms with Gasteiger partial charge in [-0.2, -0.15) is 0 Å². The highest BCUT2D eigenvalue weighted by atomic mass is 127. The summed E-state index contributed by atoms with van der Waals surface area (Å²) in [5, 5.41) is 0. The largest absolute Gasteiger partial charge is 0.496 e. The topological polar surface area (TPSA) is 88.4 Å². The van der Waals surface area contributed by atoms with Gasteiger partial charge in [0.15, 0.2) is 16.3 Å². The van der Waals surface area contributed by atoms with Crippen molar-refractivity contribution in [3.05, 3.63) is 80.5 Å². The molecule has 0 N–H and O–H groups in total. The van der Waals surface area contributed by atoms with Crippen molar-refractivity contribution >= 4 is 61.9 Å². The summed E-state index contributed by atoms with van der Waals surface area (Å²) in [6.45, 7) is 5.39. The van der Waals surface area contributed by atoms with Gasteiger partial charge in [0.2, 0.25) is 0 Å². The SMILES string of the molecule is C#CCOc1c(I)cc(/C=c2\sc3n(c2=O)[C@@H](c2cc(Br)ccc2OC)C(C(=O)OC(C)C)=C(C)N=3)cc1OC. The second kappa shape index (κ2) is 12.6. The first kappa shape index (κ1) is 29.9. The minimum Gasteiger partial charge on any atom is -0.496 e. The normalized spacial score (nSPS) is 14.9. The predicted octanol–water partition coefficient (Wildman–Crippen LogP) is 4.58.